The molecule has 0 spiro atoms. The number of hydrogen-bond acceptors (Lipinski definition) is 2. The number of benzene rings is 2. The highest BCUT2D eigenvalue weighted by molar-refractivity contribution is 5.76. The van der Waals surface area contributed by atoms with E-state index >= 15 is 0 Å². The third kappa shape index (κ3) is 5.20. The fourth-order valence-electron chi connectivity index (χ4n) is 4.16. The normalized spacial score (nSPS) is 16.8. The average Bonchev–Trinajstić information content (AvgIpc) is 2.74. The zero-order valence-corrected chi connectivity index (χ0v) is 16.7. The van der Waals surface area contributed by atoms with Crippen molar-refractivity contribution in [2.24, 2.45) is 0 Å². The highest BCUT2D eigenvalue weighted by Gasteiger charge is 2.30. The Balaban J connectivity index is 1.58. The molecule has 1 aliphatic heterocycles. The molecule has 144 valence electrons. The molecular weight excluding hydrogens is 332 g/mol. The minimum absolute atomic E-state index is 0.138. The van der Waals surface area contributed by atoms with Gasteiger partial charge < -0.3 is 9.80 Å². The van der Waals surface area contributed by atoms with Crippen LogP contribution in [0.15, 0.2) is 60.7 Å². The van der Waals surface area contributed by atoms with Crippen molar-refractivity contribution in [1.29, 1.82) is 0 Å². The van der Waals surface area contributed by atoms with E-state index in [0.29, 0.717) is 12.5 Å². The Hall–Kier alpha value is -2.13. The summed E-state index contributed by atoms with van der Waals surface area (Å²) in [6, 6.07) is 21.6. The molecule has 1 fully saturated rings. The predicted molar refractivity (Wildman–Crippen MR) is 112 cm³/mol. The van der Waals surface area contributed by atoms with Gasteiger partial charge in [0.25, 0.3) is 0 Å². The minimum atomic E-state index is 0.138. The molecule has 3 rings (SSSR count). The Labute approximate surface area is 164 Å². The van der Waals surface area contributed by atoms with Crippen LogP contribution in [0.3, 0.4) is 0 Å². The standard InChI is InChI=1S/C24H32N2O/c1-3-24(27)26(20(2)22-12-8-5-9-13-22)23-15-18-25(19-16-23)17-14-21-10-6-4-7-11-21/h4-13,20,23H,3,14-19H2,1-2H3. The lowest BCUT2D eigenvalue weighted by Crippen LogP contribution is -2.48. The molecule has 2 aromatic rings. The monoisotopic (exact) mass is 364 g/mol. The molecule has 0 aliphatic carbocycles. The third-order valence-corrected chi connectivity index (χ3v) is 5.80. The van der Waals surface area contributed by atoms with Crippen LogP contribution in [0.4, 0.5) is 0 Å². The van der Waals surface area contributed by atoms with E-state index in [-0.39, 0.29) is 11.9 Å². The van der Waals surface area contributed by atoms with Crippen LogP contribution in [0, 0.1) is 0 Å². The predicted octanol–water partition coefficient (Wildman–Crippen LogP) is 4.69. The lowest BCUT2D eigenvalue weighted by atomic mass is 9.97. The lowest BCUT2D eigenvalue weighted by molar-refractivity contribution is -0.137. The first-order valence-corrected chi connectivity index (χ1v) is 10.3. The summed E-state index contributed by atoms with van der Waals surface area (Å²) in [5.41, 5.74) is 2.63. The number of amides is 1. The molecule has 1 heterocycles. The molecule has 1 unspecified atom stereocenters. The Morgan fingerprint density at radius 2 is 1.63 bits per heavy atom. The molecule has 1 saturated heterocycles. The summed E-state index contributed by atoms with van der Waals surface area (Å²) in [4.78, 5) is 17.4. The van der Waals surface area contributed by atoms with Gasteiger partial charge in [-0.05, 0) is 37.3 Å². The number of nitrogens with zero attached hydrogens (tertiary/aromatic N) is 2. The fourth-order valence-corrected chi connectivity index (χ4v) is 4.16. The summed E-state index contributed by atoms with van der Waals surface area (Å²) in [6.07, 6.45) is 3.81. The zero-order chi connectivity index (χ0) is 19.1. The Morgan fingerprint density at radius 1 is 1.04 bits per heavy atom. The summed E-state index contributed by atoms with van der Waals surface area (Å²) in [5.74, 6) is 0.272. The van der Waals surface area contributed by atoms with Gasteiger partial charge in [0.2, 0.25) is 5.91 Å². The molecule has 0 N–H and O–H groups in total. The van der Waals surface area contributed by atoms with Crippen LogP contribution in [0.1, 0.15) is 50.3 Å². The number of piperidine rings is 1. The summed E-state index contributed by atoms with van der Waals surface area (Å²) < 4.78 is 0. The van der Waals surface area contributed by atoms with Crippen LogP contribution < -0.4 is 0 Å². The van der Waals surface area contributed by atoms with Crippen LogP contribution in [0.2, 0.25) is 0 Å². The van der Waals surface area contributed by atoms with Gasteiger partial charge >= 0.3 is 0 Å². The maximum absolute atomic E-state index is 12.7. The van der Waals surface area contributed by atoms with Crippen molar-refractivity contribution in [1.82, 2.24) is 9.80 Å². The molecule has 0 radical (unpaired) electrons. The summed E-state index contributed by atoms with van der Waals surface area (Å²) in [6.45, 7) is 7.40. The number of carbonyl (C=O) groups excluding carboxylic acids is 1. The van der Waals surface area contributed by atoms with Gasteiger partial charge in [-0.1, -0.05) is 67.6 Å². The summed E-state index contributed by atoms with van der Waals surface area (Å²) in [7, 11) is 0. The Morgan fingerprint density at radius 3 is 2.22 bits per heavy atom. The average molecular weight is 365 g/mol. The third-order valence-electron chi connectivity index (χ3n) is 5.80. The first-order chi connectivity index (χ1) is 13.2. The van der Waals surface area contributed by atoms with Gasteiger partial charge in [0, 0.05) is 32.1 Å². The molecule has 2 aromatic carbocycles. The number of hydrogen-bond donors (Lipinski definition) is 0. The zero-order valence-electron chi connectivity index (χ0n) is 16.7. The van der Waals surface area contributed by atoms with Crippen molar-refractivity contribution in [2.45, 2.75) is 51.6 Å². The van der Waals surface area contributed by atoms with E-state index in [4.69, 9.17) is 0 Å². The molecule has 3 nitrogen and oxygen atoms in total. The highest BCUT2D eigenvalue weighted by Crippen LogP contribution is 2.28. The van der Waals surface area contributed by atoms with Crippen molar-refractivity contribution in [2.75, 3.05) is 19.6 Å². The SMILES string of the molecule is CCC(=O)N(C1CCN(CCc2ccccc2)CC1)C(C)c1ccccc1. The van der Waals surface area contributed by atoms with E-state index in [1.807, 2.05) is 13.0 Å². The Kier molecular flexibility index (Phi) is 7.05. The molecule has 0 saturated carbocycles. The number of likely N-dealkylation sites (tertiary alicyclic amines) is 1. The van der Waals surface area contributed by atoms with Crippen LogP contribution in [-0.2, 0) is 11.2 Å². The van der Waals surface area contributed by atoms with E-state index in [2.05, 4.69) is 71.3 Å². The molecule has 0 aromatic heterocycles. The smallest absolute Gasteiger partial charge is 0.223 e. The van der Waals surface area contributed by atoms with E-state index in [0.717, 1.165) is 38.9 Å². The second-order valence-electron chi connectivity index (χ2n) is 7.55. The summed E-state index contributed by atoms with van der Waals surface area (Å²) in [5, 5.41) is 0. The molecule has 3 heteroatoms. The van der Waals surface area contributed by atoms with Gasteiger partial charge in [-0.15, -0.1) is 0 Å². The van der Waals surface area contributed by atoms with Crippen molar-refractivity contribution < 1.29 is 4.79 Å². The summed E-state index contributed by atoms with van der Waals surface area (Å²) >= 11 is 0. The van der Waals surface area contributed by atoms with Gasteiger partial charge in [0.05, 0.1) is 6.04 Å². The first kappa shape index (κ1) is 19.6. The van der Waals surface area contributed by atoms with Crippen LogP contribution >= 0.6 is 0 Å². The van der Waals surface area contributed by atoms with Crippen LogP contribution in [0.5, 0.6) is 0 Å². The molecule has 27 heavy (non-hydrogen) atoms. The molecular formula is C24H32N2O. The molecule has 1 atom stereocenters. The fraction of sp³-hybridized carbons (Fsp3) is 0.458. The van der Waals surface area contributed by atoms with Crippen molar-refractivity contribution in [3.8, 4) is 0 Å². The topological polar surface area (TPSA) is 23.6 Å². The van der Waals surface area contributed by atoms with Crippen LogP contribution in [0.25, 0.3) is 0 Å². The second kappa shape index (κ2) is 9.70. The maximum atomic E-state index is 12.7. The van der Waals surface area contributed by atoms with Gasteiger partial charge in [-0.25, -0.2) is 0 Å². The largest absolute Gasteiger partial charge is 0.333 e. The van der Waals surface area contributed by atoms with E-state index in [1.54, 1.807) is 0 Å². The van der Waals surface area contributed by atoms with Gasteiger partial charge in [-0.2, -0.15) is 0 Å². The molecule has 1 aliphatic rings. The number of carbonyl (C=O) groups is 1. The van der Waals surface area contributed by atoms with E-state index < -0.39 is 0 Å². The highest BCUT2D eigenvalue weighted by atomic mass is 16.2. The number of rotatable bonds is 7. The maximum Gasteiger partial charge on any atom is 0.223 e. The molecule has 0 bridgehead atoms. The molecule has 1 amide bonds. The second-order valence-corrected chi connectivity index (χ2v) is 7.55. The van der Waals surface area contributed by atoms with Crippen molar-refractivity contribution >= 4 is 5.91 Å². The lowest BCUT2D eigenvalue weighted by Gasteiger charge is -2.41. The van der Waals surface area contributed by atoms with Gasteiger partial charge in [0.15, 0.2) is 0 Å². The Bertz CT molecular complexity index is 693. The van der Waals surface area contributed by atoms with Gasteiger partial charge in [-0.3, -0.25) is 4.79 Å². The quantitative estimate of drug-likeness (QED) is 0.711. The van der Waals surface area contributed by atoms with Crippen molar-refractivity contribution in [3.05, 3.63) is 71.8 Å². The van der Waals surface area contributed by atoms with E-state index in [9.17, 15) is 4.79 Å². The van der Waals surface area contributed by atoms with Gasteiger partial charge in [0.1, 0.15) is 0 Å². The van der Waals surface area contributed by atoms with E-state index in [1.165, 1.54) is 11.1 Å². The minimum Gasteiger partial charge on any atom is -0.333 e. The first-order valence-electron chi connectivity index (χ1n) is 10.3. The van der Waals surface area contributed by atoms with Crippen LogP contribution in [-0.4, -0.2) is 41.4 Å². The van der Waals surface area contributed by atoms with Crippen molar-refractivity contribution in [3.63, 3.8) is 0 Å².